The molecule has 1 fully saturated rings. The Morgan fingerprint density at radius 1 is 0.878 bits per heavy atom. The lowest BCUT2D eigenvalue weighted by Crippen LogP contribution is -2.42. The Hall–Kier alpha value is -3.64. The van der Waals surface area contributed by atoms with E-state index in [4.69, 9.17) is 0 Å². The molecule has 0 saturated carbocycles. The number of halogens is 6. The molecule has 0 spiro atoms. The smallest absolute Gasteiger partial charge is 0.389 e. The Balaban J connectivity index is 1.81. The molecule has 0 radical (unpaired) electrons. The van der Waals surface area contributed by atoms with Gasteiger partial charge in [0.25, 0.3) is 0 Å². The van der Waals surface area contributed by atoms with Crippen molar-refractivity contribution in [3.05, 3.63) is 77.0 Å². The van der Waals surface area contributed by atoms with Crippen molar-refractivity contribution in [2.24, 2.45) is 0 Å². The summed E-state index contributed by atoms with van der Waals surface area (Å²) in [6.07, 6.45) is -10.7. The first kappa shape index (κ1) is 30.3. The van der Waals surface area contributed by atoms with Gasteiger partial charge in [0.1, 0.15) is 5.82 Å². The Bertz CT molecular complexity index is 1410. The molecule has 0 unspecified atom stereocenters. The second kappa shape index (κ2) is 10.6. The number of carbonyl (C=O) groups excluding carboxylic acids is 1. The fourth-order valence-electron chi connectivity index (χ4n) is 4.89. The molecule has 12 heteroatoms. The molecule has 4 rings (SSSR count). The molecular formula is C29H29F6N3O3. The van der Waals surface area contributed by atoms with Crippen molar-refractivity contribution in [1.82, 2.24) is 4.98 Å². The maximum atomic E-state index is 13.8. The first-order valence-corrected chi connectivity index (χ1v) is 12.7. The third-order valence-electron chi connectivity index (χ3n) is 7.40. The minimum absolute atomic E-state index is 0.0267. The normalized spacial score (nSPS) is 18.1. The Labute approximate surface area is 232 Å². The summed E-state index contributed by atoms with van der Waals surface area (Å²) >= 11 is 0. The van der Waals surface area contributed by atoms with Gasteiger partial charge in [0.05, 0.1) is 40.6 Å². The van der Waals surface area contributed by atoms with E-state index in [1.54, 1.807) is 23.1 Å². The number of hydrogen-bond donors (Lipinski definition) is 2. The maximum absolute atomic E-state index is 13.8. The number of β-amino-alcohol motifs (C(OH)–C–C–N with tert-alkyl or cyclic N) is 2. The zero-order valence-electron chi connectivity index (χ0n) is 22.7. The molecule has 0 aliphatic carbocycles. The second-order valence-electron chi connectivity index (χ2n) is 10.7. The summed E-state index contributed by atoms with van der Waals surface area (Å²) in [5.41, 5.74) is -2.93. The van der Waals surface area contributed by atoms with Crippen molar-refractivity contribution >= 4 is 17.4 Å². The molecule has 2 heterocycles. The lowest BCUT2D eigenvalue weighted by molar-refractivity contribution is -0.143. The summed E-state index contributed by atoms with van der Waals surface area (Å²) in [4.78, 5) is 21.1. The number of aliphatic hydroxyl groups excluding tert-OH is 2. The number of aryl methyl sites for hydroxylation is 1. The molecule has 220 valence electrons. The van der Waals surface area contributed by atoms with Gasteiger partial charge in [-0.25, -0.2) is 4.98 Å². The molecule has 1 aliphatic heterocycles. The van der Waals surface area contributed by atoms with Gasteiger partial charge in [-0.2, -0.15) is 26.3 Å². The number of aromatic nitrogens is 1. The van der Waals surface area contributed by atoms with Crippen LogP contribution in [0.15, 0.2) is 54.7 Å². The van der Waals surface area contributed by atoms with Crippen molar-refractivity contribution in [3.63, 3.8) is 0 Å². The summed E-state index contributed by atoms with van der Waals surface area (Å²) in [6, 6.07) is 10.1. The summed E-state index contributed by atoms with van der Waals surface area (Å²) < 4.78 is 81.2. The fraction of sp³-hybridized carbons (Fsp3) is 0.379. The summed E-state index contributed by atoms with van der Waals surface area (Å²) in [6.45, 7) is 4.63. The van der Waals surface area contributed by atoms with E-state index >= 15 is 0 Å². The molecule has 2 atom stereocenters. The van der Waals surface area contributed by atoms with E-state index in [9.17, 15) is 41.4 Å². The van der Waals surface area contributed by atoms with Gasteiger partial charge in [-0.05, 0) is 61.7 Å². The van der Waals surface area contributed by atoms with E-state index in [0.29, 0.717) is 29.1 Å². The van der Waals surface area contributed by atoms with Crippen LogP contribution in [0.2, 0.25) is 0 Å². The number of likely N-dealkylation sites (N-methyl/N-ethyl adjacent to an activating group) is 1. The second-order valence-corrected chi connectivity index (χ2v) is 10.7. The fourth-order valence-corrected chi connectivity index (χ4v) is 4.89. The van der Waals surface area contributed by atoms with Crippen LogP contribution in [0.5, 0.6) is 0 Å². The molecule has 2 N–H and O–H groups in total. The Morgan fingerprint density at radius 2 is 1.39 bits per heavy atom. The maximum Gasteiger partial charge on any atom is 0.416 e. The number of amides is 1. The average molecular weight is 582 g/mol. The van der Waals surface area contributed by atoms with Crippen molar-refractivity contribution in [3.8, 4) is 11.1 Å². The average Bonchev–Trinajstić information content (AvgIpc) is 3.24. The van der Waals surface area contributed by atoms with E-state index in [2.05, 4.69) is 4.98 Å². The Kier molecular flexibility index (Phi) is 7.87. The highest BCUT2D eigenvalue weighted by Crippen LogP contribution is 2.41. The van der Waals surface area contributed by atoms with Crippen molar-refractivity contribution < 1.29 is 41.4 Å². The van der Waals surface area contributed by atoms with Crippen LogP contribution >= 0.6 is 0 Å². The van der Waals surface area contributed by atoms with Crippen molar-refractivity contribution in [2.75, 3.05) is 29.9 Å². The van der Waals surface area contributed by atoms with Crippen LogP contribution in [-0.4, -0.2) is 53.4 Å². The van der Waals surface area contributed by atoms with Gasteiger partial charge in [-0.15, -0.1) is 0 Å². The zero-order chi connectivity index (χ0) is 30.5. The van der Waals surface area contributed by atoms with Gasteiger partial charge in [-0.3, -0.25) is 4.79 Å². The number of alkyl halides is 6. The highest BCUT2D eigenvalue weighted by atomic mass is 19.4. The van der Waals surface area contributed by atoms with E-state index in [1.165, 1.54) is 32.0 Å². The minimum atomic E-state index is -5.06. The van der Waals surface area contributed by atoms with Gasteiger partial charge in [0.15, 0.2) is 0 Å². The number of carbonyl (C=O) groups is 1. The number of nitrogens with zero attached hydrogens (tertiary/aromatic N) is 3. The van der Waals surface area contributed by atoms with Gasteiger partial charge < -0.3 is 20.0 Å². The molecule has 2 aromatic carbocycles. The van der Waals surface area contributed by atoms with Crippen LogP contribution < -0.4 is 9.80 Å². The van der Waals surface area contributed by atoms with Gasteiger partial charge in [-0.1, -0.05) is 24.3 Å². The molecule has 3 aromatic rings. The monoisotopic (exact) mass is 581 g/mol. The lowest BCUT2D eigenvalue weighted by atomic mass is 9.81. The van der Waals surface area contributed by atoms with E-state index in [1.807, 2.05) is 19.1 Å². The third-order valence-corrected chi connectivity index (χ3v) is 7.40. The van der Waals surface area contributed by atoms with Crippen LogP contribution in [0, 0.1) is 6.92 Å². The largest absolute Gasteiger partial charge is 0.416 e. The topological polar surface area (TPSA) is 76.9 Å². The molecule has 0 bridgehead atoms. The number of hydrogen-bond acceptors (Lipinski definition) is 5. The van der Waals surface area contributed by atoms with Crippen LogP contribution in [-0.2, 0) is 22.6 Å². The van der Waals surface area contributed by atoms with Gasteiger partial charge in [0, 0.05) is 25.7 Å². The highest BCUT2D eigenvalue weighted by molar-refractivity contribution is 6.03. The lowest BCUT2D eigenvalue weighted by Gasteiger charge is -2.32. The highest BCUT2D eigenvalue weighted by Gasteiger charge is 2.41. The molecule has 1 saturated heterocycles. The van der Waals surface area contributed by atoms with Crippen LogP contribution in [0.3, 0.4) is 0 Å². The van der Waals surface area contributed by atoms with Crippen molar-refractivity contribution in [2.45, 2.75) is 50.7 Å². The van der Waals surface area contributed by atoms with Gasteiger partial charge in [0.2, 0.25) is 5.91 Å². The molecule has 6 nitrogen and oxygen atoms in total. The van der Waals surface area contributed by atoms with E-state index in [0.717, 1.165) is 5.56 Å². The summed E-state index contributed by atoms with van der Waals surface area (Å²) in [7, 11) is 1.38. The van der Waals surface area contributed by atoms with E-state index < -0.39 is 52.6 Å². The number of anilines is 2. The molecule has 1 aliphatic rings. The number of rotatable bonds is 5. The third kappa shape index (κ3) is 6.03. The Morgan fingerprint density at radius 3 is 1.90 bits per heavy atom. The standard InChI is InChI=1S/C29H29F6N3O3/c1-16-7-5-6-8-20(16)21-12-25(38-14-23(39)24(40)15-38)36-13-22(21)37(4)26(41)27(2,3)17-9-18(28(30,31)32)11-19(10-17)29(33,34)35/h5-13,23-24,39-40H,14-15H2,1-4H3/t23-,24-/m0/s1. The van der Waals surface area contributed by atoms with Crippen molar-refractivity contribution in [1.29, 1.82) is 0 Å². The number of aliphatic hydroxyl groups is 2. The van der Waals surface area contributed by atoms with Crippen LogP contribution in [0.25, 0.3) is 11.1 Å². The first-order chi connectivity index (χ1) is 18.9. The molecular weight excluding hydrogens is 552 g/mol. The number of pyridine rings is 1. The van der Waals surface area contributed by atoms with Crippen LogP contribution in [0.4, 0.5) is 37.8 Å². The molecule has 1 aromatic heterocycles. The minimum Gasteiger partial charge on any atom is -0.389 e. The summed E-state index contributed by atoms with van der Waals surface area (Å²) in [5, 5.41) is 20.0. The molecule has 1 amide bonds. The zero-order valence-corrected chi connectivity index (χ0v) is 22.7. The predicted octanol–water partition coefficient (Wildman–Crippen LogP) is 5.58. The first-order valence-electron chi connectivity index (χ1n) is 12.7. The SMILES string of the molecule is Cc1ccccc1-c1cc(N2C[C@H](O)[C@@H](O)C2)ncc1N(C)C(=O)C(C)(C)c1cc(C(F)(F)F)cc(C(F)(F)F)c1. The van der Waals surface area contributed by atoms with Crippen LogP contribution in [0.1, 0.15) is 36.1 Å². The molecule has 41 heavy (non-hydrogen) atoms. The summed E-state index contributed by atoms with van der Waals surface area (Å²) in [5.74, 6) is -0.350. The number of benzene rings is 2. The predicted molar refractivity (Wildman–Crippen MR) is 142 cm³/mol. The quantitative estimate of drug-likeness (QED) is 0.385. The van der Waals surface area contributed by atoms with Gasteiger partial charge >= 0.3 is 12.4 Å². The van der Waals surface area contributed by atoms with E-state index in [-0.39, 0.29) is 24.8 Å².